The Morgan fingerprint density at radius 1 is 0.341 bits per heavy atom. The van der Waals surface area contributed by atoms with Crippen LogP contribution in [0.1, 0.15) is 0 Å². The average Bonchev–Trinajstić information content (AvgIpc) is 3.56. The van der Waals surface area contributed by atoms with Gasteiger partial charge in [-0.15, -0.1) is 0 Å². The van der Waals surface area contributed by atoms with Crippen molar-refractivity contribution in [2.24, 2.45) is 0 Å². The molecule has 0 N–H and O–H groups in total. The summed E-state index contributed by atoms with van der Waals surface area (Å²) < 4.78 is 356. The van der Waals surface area contributed by atoms with E-state index in [0.29, 0.717) is 0 Å². The summed E-state index contributed by atoms with van der Waals surface area (Å²) in [6.07, 6.45) is -28.3. The molecule has 0 aromatic carbocycles. The van der Waals surface area contributed by atoms with E-state index >= 15 is 52.7 Å². The molecule has 256 valence electrons. The van der Waals surface area contributed by atoms with Gasteiger partial charge in [-0.3, -0.25) is 18.9 Å². The Morgan fingerprint density at radius 2 is 0.545 bits per heavy atom. The minimum Gasteiger partial charge on any atom is -0.289 e. The fraction of sp³-hybridized carbons (Fsp3) is 1.00. The molecule has 6 fully saturated rings. The van der Waals surface area contributed by atoms with Gasteiger partial charge in [0.1, 0.15) is 0 Å². The maximum absolute atomic E-state index is 15.5. The van der Waals surface area contributed by atoms with Crippen LogP contribution in [0.4, 0.5) is 105 Å². The molecular weight excluding hydrogens is 712 g/mol. The van der Waals surface area contributed by atoms with Crippen LogP contribution < -0.4 is 0 Å². The van der Waals surface area contributed by atoms with Crippen molar-refractivity contribution in [3.8, 4) is 0 Å². The molecule has 44 heavy (non-hydrogen) atoms. The fourth-order valence-corrected chi connectivity index (χ4v) is 5.48. The first-order valence-corrected chi connectivity index (χ1v) is 10.2. The zero-order chi connectivity index (χ0) is 34.8. The summed E-state index contributed by atoms with van der Waals surface area (Å²) in [5.74, 6) is -66.7. The van der Waals surface area contributed by atoms with Gasteiger partial charge < -0.3 is 0 Å². The number of halogens is 24. The number of hydrogen-bond acceptors (Lipinski definition) is 4. The number of epoxide rings is 2. The number of hydrogen-bond donors (Lipinski definition) is 0. The second kappa shape index (κ2) is 6.89. The zero-order valence-electron chi connectivity index (χ0n) is 18.7. The molecule has 2 atom stereocenters. The largest absolute Gasteiger partial charge is 0.427 e. The molecule has 4 saturated carbocycles. The molecule has 2 saturated heterocycles. The normalized spacial score (nSPS) is 49.1. The van der Waals surface area contributed by atoms with Gasteiger partial charge in [0.25, 0.3) is 11.2 Å². The van der Waals surface area contributed by atoms with Crippen LogP contribution in [0.2, 0.25) is 0 Å². The molecule has 0 aromatic heterocycles. The third-order valence-electron chi connectivity index (χ3n) is 7.76. The Labute approximate surface area is 220 Å². The highest BCUT2D eigenvalue weighted by Gasteiger charge is 3.24. The third kappa shape index (κ3) is 2.34. The minimum atomic E-state index is -9.05. The predicted molar refractivity (Wildman–Crippen MR) is 74.6 cm³/mol. The summed E-state index contributed by atoms with van der Waals surface area (Å²) in [6.45, 7) is 0. The van der Waals surface area contributed by atoms with E-state index in [-0.39, 0.29) is 0 Å². The SMILES string of the molecule is FC1(F)OC1(F)C(F)(F)OC12C(F)(F)C3(F)C(F)(F)C(F)(C1(F)F)C(F)(F)C(OC(F)(F)C1(F)OC1(F)F)(C3(F)F)C2(F)F. The van der Waals surface area contributed by atoms with Crippen LogP contribution in [-0.4, -0.2) is 94.2 Å². The summed E-state index contributed by atoms with van der Waals surface area (Å²) in [6, 6.07) is 0. The Balaban J connectivity index is 1.96. The molecule has 2 unspecified atom stereocenters. The minimum absolute atomic E-state index is 1.80. The van der Waals surface area contributed by atoms with Crippen molar-refractivity contribution >= 4 is 0 Å². The molecule has 4 nitrogen and oxygen atoms in total. The summed E-state index contributed by atoms with van der Waals surface area (Å²) in [5, 5.41) is 0. The van der Waals surface area contributed by atoms with Gasteiger partial charge in [0.15, 0.2) is 0 Å². The first-order valence-electron chi connectivity index (χ1n) is 10.2. The quantitative estimate of drug-likeness (QED) is 0.232. The standard InChI is InChI=1S/C16F24O4/c17-1-5(19,20)2(18)8(25,26)3(6(1,21)22,41-13(33,34)11(31)15(37,38)43-11)10(29,30)4(7(1,23)24,9(2,27)28)42-14(35,36)12(32)16(39,40)44-12. The van der Waals surface area contributed by atoms with E-state index in [4.69, 9.17) is 0 Å². The molecule has 4 aliphatic carbocycles. The molecule has 0 amide bonds. The number of ether oxygens (including phenoxy) is 4. The van der Waals surface area contributed by atoms with Crippen LogP contribution in [0, 0.1) is 0 Å². The lowest BCUT2D eigenvalue weighted by molar-refractivity contribution is -0.652. The maximum Gasteiger partial charge on any atom is 0.427 e. The van der Waals surface area contributed by atoms with Crippen molar-refractivity contribution < 1.29 is 124 Å². The molecule has 6 aliphatic rings. The summed E-state index contributed by atoms with van der Waals surface area (Å²) in [7, 11) is 0. The third-order valence-corrected chi connectivity index (χ3v) is 7.76. The highest BCUT2D eigenvalue weighted by atomic mass is 19.4. The van der Waals surface area contributed by atoms with Gasteiger partial charge in [-0.25, -0.2) is 8.78 Å². The molecule has 0 aromatic rings. The van der Waals surface area contributed by atoms with Crippen molar-refractivity contribution in [1.29, 1.82) is 0 Å². The lowest BCUT2D eigenvalue weighted by Crippen LogP contribution is -3.11. The summed E-state index contributed by atoms with van der Waals surface area (Å²) in [4.78, 5) is 0. The van der Waals surface area contributed by atoms with Crippen molar-refractivity contribution in [3.63, 3.8) is 0 Å². The van der Waals surface area contributed by atoms with Crippen molar-refractivity contribution in [2.45, 2.75) is 94.2 Å². The fourth-order valence-electron chi connectivity index (χ4n) is 5.48. The lowest BCUT2D eigenvalue weighted by Gasteiger charge is -2.76. The van der Waals surface area contributed by atoms with Gasteiger partial charge in [-0.2, -0.15) is 96.6 Å². The molecule has 2 aliphatic heterocycles. The van der Waals surface area contributed by atoms with Crippen molar-refractivity contribution in [2.75, 3.05) is 0 Å². The predicted octanol–water partition coefficient (Wildman–Crippen LogP) is 6.53. The van der Waals surface area contributed by atoms with Crippen molar-refractivity contribution in [3.05, 3.63) is 0 Å². The van der Waals surface area contributed by atoms with E-state index in [2.05, 4.69) is 9.47 Å². The highest BCUT2D eigenvalue weighted by molar-refractivity contribution is 5.55. The van der Waals surface area contributed by atoms with E-state index in [1.54, 1.807) is 9.47 Å². The van der Waals surface area contributed by atoms with Gasteiger partial charge in [0, 0.05) is 0 Å². The Bertz CT molecular complexity index is 1210. The highest BCUT2D eigenvalue weighted by Crippen LogP contribution is 2.90. The molecule has 2 heterocycles. The summed E-state index contributed by atoms with van der Waals surface area (Å²) in [5.41, 5.74) is -35.1. The molecule has 0 spiro atoms. The molecular formula is C16F24O4. The molecule has 6 rings (SSSR count). The Kier molecular flexibility index (Phi) is 5.25. The topological polar surface area (TPSA) is 43.5 Å². The van der Waals surface area contributed by atoms with Gasteiger partial charge in [0.05, 0.1) is 0 Å². The van der Waals surface area contributed by atoms with Gasteiger partial charge >= 0.3 is 83.0 Å². The second-order valence-electron chi connectivity index (χ2n) is 9.79. The van der Waals surface area contributed by atoms with Crippen LogP contribution >= 0.6 is 0 Å². The van der Waals surface area contributed by atoms with Gasteiger partial charge in [0.2, 0.25) is 0 Å². The van der Waals surface area contributed by atoms with E-state index < -0.39 is 94.2 Å². The smallest absolute Gasteiger partial charge is 0.289 e. The number of alkyl halides is 24. The van der Waals surface area contributed by atoms with E-state index in [1.807, 2.05) is 0 Å². The van der Waals surface area contributed by atoms with Crippen LogP contribution in [0.15, 0.2) is 0 Å². The molecule has 0 radical (unpaired) electrons. The first-order chi connectivity index (χ1) is 18.8. The van der Waals surface area contributed by atoms with Crippen LogP contribution in [-0.2, 0) is 18.9 Å². The van der Waals surface area contributed by atoms with E-state index in [9.17, 15) is 52.7 Å². The Hall–Kier alpha value is -1.84. The number of rotatable bonds is 6. The van der Waals surface area contributed by atoms with Crippen LogP contribution in [0.3, 0.4) is 0 Å². The van der Waals surface area contributed by atoms with Gasteiger partial charge in [-0.05, 0) is 0 Å². The molecule has 4 bridgehead atoms. The van der Waals surface area contributed by atoms with Crippen molar-refractivity contribution in [1.82, 2.24) is 0 Å². The average molecular weight is 712 g/mol. The summed E-state index contributed by atoms with van der Waals surface area (Å²) >= 11 is 0. The Morgan fingerprint density at radius 3 is 0.727 bits per heavy atom. The monoisotopic (exact) mass is 712 g/mol. The zero-order valence-corrected chi connectivity index (χ0v) is 18.7. The van der Waals surface area contributed by atoms with E-state index in [0.717, 1.165) is 0 Å². The maximum atomic E-state index is 15.5. The van der Waals surface area contributed by atoms with E-state index in [1.165, 1.54) is 0 Å². The molecule has 28 heteroatoms. The lowest BCUT2D eigenvalue weighted by atomic mass is 9.39. The van der Waals surface area contributed by atoms with Gasteiger partial charge in [-0.1, -0.05) is 0 Å². The van der Waals surface area contributed by atoms with Crippen LogP contribution in [0.25, 0.3) is 0 Å². The second-order valence-corrected chi connectivity index (χ2v) is 9.79. The first kappa shape index (κ1) is 33.5. The van der Waals surface area contributed by atoms with Crippen LogP contribution in [0.5, 0.6) is 0 Å².